The number of nitrogens with one attached hydrogen (secondary N) is 2. The standard InChI is InChI=1S/C12H22N2O3/c1-2-8-13-11(17)14-9-12(10(15)16)6-4-3-5-7-12/h2-9H2,1H3,(H,15,16)(H2,13,14,17). The number of amides is 2. The smallest absolute Gasteiger partial charge is 0.314 e. The summed E-state index contributed by atoms with van der Waals surface area (Å²) in [7, 11) is 0. The fraction of sp³-hybridized carbons (Fsp3) is 0.833. The predicted molar refractivity (Wildman–Crippen MR) is 64.8 cm³/mol. The van der Waals surface area contributed by atoms with Crippen molar-refractivity contribution >= 4 is 12.0 Å². The second kappa shape index (κ2) is 6.47. The molecule has 1 saturated carbocycles. The Morgan fingerprint density at radius 3 is 2.35 bits per heavy atom. The molecule has 0 aromatic rings. The van der Waals surface area contributed by atoms with Gasteiger partial charge in [-0.1, -0.05) is 26.2 Å². The first-order chi connectivity index (χ1) is 8.10. The molecule has 98 valence electrons. The van der Waals surface area contributed by atoms with Gasteiger partial charge >= 0.3 is 12.0 Å². The summed E-state index contributed by atoms with van der Waals surface area (Å²) in [6, 6.07) is -0.266. The highest BCUT2D eigenvalue weighted by atomic mass is 16.4. The van der Waals surface area contributed by atoms with Crippen LogP contribution in [0.15, 0.2) is 0 Å². The van der Waals surface area contributed by atoms with Gasteiger partial charge in [0, 0.05) is 13.1 Å². The van der Waals surface area contributed by atoms with Gasteiger partial charge in [-0.05, 0) is 19.3 Å². The first-order valence-corrected chi connectivity index (χ1v) is 6.36. The molecule has 0 unspecified atom stereocenters. The lowest BCUT2D eigenvalue weighted by Gasteiger charge is -2.33. The van der Waals surface area contributed by atoms with Crippen molar-refractivity contribution < 1.29 is 14.7 Å². The van der Waals surface area contributed by atoms with Crippen LogP contribution in [0.1, 0.15) is 45.4 Å². The van der Waals surface area contributed by atoms with Crippen LogP contribution >= 0.6 is 0 Å². The molecule has 0 saturated heterocycles. The van der Waals surface area contributed by atoms with E-state index in [1.165, 1.54) is 0 Å². The van der Waals surface area contributed by atoms with Gasteiger partial charge in [-0.3, -0.25) is 4.79 Å². The Morgan fingerprint density at radius 2 is 1.82 bits per heavy atom. The summed E-state index contributed by atoms with van der Waals surface area (Å²) >= 11 is 0. The number of carboxylic acid groups (broad SMARTS) is 1. The van der Waals surface area contributed by atoms with Crippen LogP contribution < -0.4 is 10.6 Å². The molecule has 0 bridgehead atoms. The molecule has 0 heterocycles. The third-order valence-corrected chi connectivity index (χ3v) is 3.39. The Morgan fingerprint density at radius 1 is 1.18 bits per heavy atom. The minimum Gasteiger partial charge on any atom is -0.481 e. The number of urea groups is 1. The van der Waals surface area contributed by atoms with Gasteiger partial charge in [0.1, 0.15) is 0 Å². The topological polar surface area (TPSA) is 78.4 Å². The van der Waals surface area contributed by atoms with E-state index in [2.05, 4.69) is 10.6 Å². The van der Waals surface area contributed by atoms with Crippen molar-refractivity contribution in [2.24, 2.45) is 5.41 Å². The van der Waals surface area contributed by atoms with Gasteiger partial charge in [0.2, 0.25) is 0 Å². The van der Waals surface area contributed by atoms with E-state index in [4.69, 9.17) is 0 Å². The molecule has 0 aliphatic heterocycles. The molecule has 0 aromatic heterocycles. The SMILES string of the molecule is CCCNC(=O)NCC1(C(=O)O)CCCCC1. The van der Waals surface area contributed by atoms with Crippen molar-refractivity contribution in [3.05, 3.63) is 0 Å². The summed E-state index contributed by atoms with van der Waals surface area (Å²) in [4.78, 5) is 22.7. The summed E-state index contributed by atoms with van der Waals surface area (Å²) < 4.78 is 0. The maximum Gasteiger partial charge on any atom is 0.314 e. The highest BCUT2D eigenvalue weighted by Crippen LogP contribution is 2.35. The first kappa shape index (κ1) is 13.8. The molecule has 1 aliphatic rings. The molecule has 0 aromatic carbocycles. The lowest BCUT2D eigenvalue weighted by Crippen LogP contribution is -2.47. The zero-order valence-corrected chi connectivity index (χ0v) is 10.4. The van der Waals surface area contributed by atoms with Gasteiger partial charge < -0.3 is 15.7 Å². The maximum atomic E-state index is 11.4. The highest BCUT2D eigenvalue weighted by Gasteiger charge is 2.39. The van der Waals surface area contributed by atoms with E-state index in [1.54, 1.807) is 0 Å². The Bertz CT molecular complexity index is 273. The third kappa shape index (κ3) is 3.91. The fourth-order valence-corrected chi connectivity index (χ4v) is 2.25. The van der Waals surface area contributed by atoms with Crippen LogP contribution in [0, 0.1) is 5.41 Å². The highest BCUT2D eigenvalue weighted by molar-refractivity contribution is 5.78. The van der Waals surface area contributed by atoms with Crippen LogP contribution in [0.2, 0.25) is 0 Å². The minimum absolute atomic E-state index is 0.234. The van der Waals surface area contributed by atoms with Crippen molar-refractivity contribution in [1.82, 2.24) is 10.6 Å². The van der Waals surface area contributed by atoms with Crippen LogP contribution in [0.5, 0.6) is 0 Å². The fourth-order valence-electron chi connectivity index (χ4n) is 2.25. The number of rotatable bonds is 5. The van der Waals surface area contributed by atoms with Crippen molar-refractivity contribution in [3.63, 3.8) is 0 Å². The average Bonchev–Trinajstić information content (AvgIpc) is 2.34. The second-order valence-corrected chi connectivity index (χ2v) is 4.76. The van der Waals surface area contributed by atoms with E-state index in [9.17, 15) is 14.7 Å². The molecule has 1 fully saturated rings. The van der Waals surface area contributed by atoms with Crippen LogP contribution in [0.25, 0.3) is 0 Å². The van der Waals surface area contributed by atoms with Gasteiger partial charge in [-0.25, -0.2) is 4.79 Å². The molecule has 0 atom stereocenters. The molecule has 5 heteroatoms. The lowest BCUT2D eigenvalue weighted by molar-refractivity contribution is -0.150. The van der Waals surface area contributed by atoms with Gasteiger partial charge in [0.15, 0.2) is 0 Å². The van der Waals surface area contributed by atoms with Gasteiger partial charge in [-0.2, -0.15) is 0 Å². The lowest BCUT2D eigenvalue weighted by atomic mass is 9.74. The van der Waals surface area contributed by atoms with Gasteiger partial charge in [0.05, 0.1) is 5.41 Å². The van der Waals surface area contributed by atoms with E-state index >= 15 is 0 Å². The number of carbonyl (C=O) groups is 2. The second-order valence-electron chi connectivity index (χ2n) is 4.76. The molecule has 5 nitrogen and oxygen atoms in total. The van der Waals surface area contributed by atoms with Crippen molar-refractivity contribution in [2.45, 2.75) is 45.4 Å². The van der Waals surface area contributed by atoms with E-state index in [0.717, 1.165) is 25.7 Å². The van der Waals surface area contributed by atoms with Gasteiger partial charge in [-0.15, -0.1) is 0 Å². The van der Waals surface area contributed by atoms with Crippen LogP contribution in [0.4, 0.5) is 4.79 Å². The normalized spacial score (nSPS) is 18.4. The van der Waals surface area contributed by atoms with Crippen molar-refractivity contribution in [2.75, 3.05) is 13.1 Å². The van der Waals surface area contributed by atoms with E-state index in [1.807, 2.05) is 6.92 Å². The number of carbonyl (C=O) groups excluding carboxylic acids is 1. The van der Waals surface area contributed by atoms with Crippen LogP contribution in [-0.4, -0.2) is 30.2 Å². The third-order valence-electron chi connectivity index (χ3n) is 3.39. The summed E-state index contributed by atoms with van der Waals surface area (Å²) in [6.45, 7) is 2.82. The Hall–Kier alpha value is -1.26. The molecule has 2 amide bonds. The van der Waals surface area contributed by atoms with Crippen LogP contribution in [-0.2, 0) is 4.79 Å². The molecule has 0 radical (unpaired) electrons. The monoisotopic (exact) mass is 242 g/mol. The minimum atomic E-state index is -0.784. The summed E-state index contributed by atoms with van der Waals surface area (Å²) in [5.41, 5.74) is -0.748. The van der Waals surface area contributed by atoms with Crippen molar-refractivity contribution in [3.8, 4) is 0 Å². The molecular weight excluding hydrogens is 220 g/mol. The van der Waals surface area contributed by atoms with E-state index in [0.29, 0.717) is 19.4 Å². The molecule has 1 rings (SSSR count). The number of carboxylic acids is 1. The quantitative estimate of drug-likeness (QED) is 0.687. The van der Waals surface area contributed by atoms with E-state index < -0.39 is 11.4 Å². The zero-order chi connectivity index (χ0) is 12.7. The molecule has 3 N–H and O–H groups in total. The van der Waals surface area contributed by atoms with E-state index in [-0.39, 0.29) is 12.6 Å². The molecular formula is C12H22N2O3. The molecule has 0 spiro atoms. The Labute approximate surface area is 102 Å². The zero-order valence-electron chi connectivity index (χ0n) is 10.4. The summed E-state index contributed by atoms with van der Waals surface area (Å²) in [6.07, 6.45) is 5.16. The number of aliphatic carboxylic acids is 1. The summed E-state index contributed by atoms with van der Waals surface area (Å²) in [5, 5.41) is 14.7. The maximum absolute atomic E-state index is 11.4. The number of hydrogen-bond acceptors (Lipinski definition) is 2. The number of hydrogen-bond donors (Lipinski definition) is 3. The first-order valence-electron chi connectivity index (χ1n) is 6.36. The summed E-state index contributed by atoms with van der Waals surface area (Å²) in [5.74, 6) is -0.784. The Kier molecular flexibility index (Phi) is 5.25. The largest absolute Gasteiger partial charge is 0.481 e. The molecule has 17 heavy (non-hydrogen) atoms. The predicted octanol–water partition coefficient (Wildman–Crippen LogP) is 1.73. The van der Waals surface area contributed by atoms with Crippen LogP contribution in [0.3, 0.4) is 0 Å². The van der Waals surface area contributed by atoms with Gasteiger partial charge in [0.25, 0.3) is 0 Å². The molecule has 1 aliphatic carbocycles. The van der Waals surface area contributed by atoms with Crippen molar-refractivity contribution in [1.29, 1.82) is 0 Å². The average molecular weight is 242 g/mol. The Balaban J connectivity index is 2.44.